The minimum Gasteiger partial charge on any atom is -0.355 e. The lowest BCUT2D eigenvalue weighted by Gasteiger charge is -2.49. The highest BCUT2D eigenvalue weighted by Gasteiger charge is 2.52. The lowest BCUT2D eigenvalue weighted by molar-refractivity contribution is 0.0389. The number of benzene rings is 1. The summed E-state index contributed by atoms with van der Waals surface area (Å²) in [7, 11) is 4.46. The van der Waals surface area contributed by atoms with Gasteiger partial charge in [-0.1, -0.05) is 34.6 Å². The van der Waals surface area contributed by atoms with E-state index in [0.29, 0.717) is 22.2 Å². The summed E-state index contributed by atoms with van der Waals surface area (Å²) in [6.07, 6.45) is 7.45. The van der Waals surface area contributed by atoms with Gasteiger partial charge in [-0.15, -0.1) is 0 Å². The van der Waals surface area contributed by atoms with Gasteiger partial charge in [-0.25, -0.2) is 14.4 Å². The van der Waals surface area contributed by atoms with Crippen molar-refractivity contribution in [2.45, 2.75) is 78.8 Å². The Morgan fingerprint density at radius 1 is 1.15 bits per heavy atom. The molecule has 2 aromatic rings. The molecule has 1 saturated heterocycles. The van der Waals surface area contributed by atoms with Gasteiger partial charge in [-0.3, -0.25) is 5.32 Å². The summed E-state index contributed by atoms with van der Waals surface area (Å²) in [4.78, 5) is 14.5. The average Bonchev–Trinajstić information content (AvgIpc) is 3.26. The van der Waals surface area contributed by atoms with E-state index in [-0.39, 0.29) is 17.6 Å². The molecular formula is C31H45FN7P. The second-order valence-corrected chi connectivity index (χ2v) is 13.7. The van der Waals surface area contributed by atoms with Crippen molar-refractivity contribution in [1.29, 1.82) is 5.26 Å². The molecule has 7 nitrogen and oxygen atoms in total. The van der Waals surface area contributed by atoms with Crippen molar-refractivity contribution < 1.29 is 4.39 Å². The van der Waals surface area contributed by atoms with Crippen LogP contribution < -0.4 is 20.2 Å². The van der Waals surface area contributed by atoms with Gasteiger partial charge in [-0.05, 0) is 89.3 Å². The highest BCUT2D eigenvalue weighted by molar-refractivity contribution is 7.18. The van der Waals surface area contributed by atoms with Crippen molar-refractivity contribution in [3.05, 3.63) is 41.0 Å². The quantitative estimate of drug-likeness (QED) is 0.396. The molecule has 5 atom stereocenters. The van der Waals surface area contributed by atoms with Crippen LogP contribution in [-0.4, -0.2) is 36.6 Å². The second kappa shape index (κ2) is 11.1. The van der Waals surface area contributed by atoms with Crippen LogP contribution in [0.2, 0.25) is 0 Å². The lowest BCUT2D eigenvalue weighted by atomic mass is 9.60. The number of anilines is 3. The van der Waals surface area contributed by atoms with Gasteiger partial charge < -0.3 is 14.9 Å². The highest BCUT2D eigenvalue weighted by atomic mass is 31.0. The van der Waals surface area contributed by atoms with Gasteiger partial charge in [-0.2, -0.15) is 5.26 Å². The van der Waals surface area contributed by atoms with Crippen molar-refractivity contribution in [3.8, 4) is 6.07 Å². The Balaban J connectivity index is 1.40. The SMILES string of the molecule is CNC(c1ncc(N2CCC3(CCC(C)C3C(C)(C)C)CC2)nc1NP)N1CCC(C)c2c1ccc(C#N)c2F. The Morgan fingerprint density at radius 3 is 2.50 bits per heavy atom. The average molecular weight is 566 g/mol. The summed E-state index contributed by atoms with van der Waals surface area (Å²) < 4.78 is 15.3. The number of hydrogen-bond acceptors (Lipinski definition) is 7. The third kappa shape index (κ3) is 4.94. The Kier molecular flexibility index (Phi) is 8.03. The van der Waals surface area contributed by atoms with Crippen LogP contribution in [0.1, 0.15) is 95.6 Å². The maximum atomic E-state index is 15.3. The van der Waals surface area contributed by atoms with Crippen molar-refractivity contribution in [2.24, 2.45) is 22.7 Å². The van der Waals surface area contributed by atoms with Crippen LogP contribution in [0.5, 0.6) is 0 Å². The number of hydrogen-bond donors (Lipinski definition) is 2. The summed E-state index contributed by atoms with van der Waals surface area (Å²) in [5.41, 5.74) is 3.01. The molecule has 9 heteroatoms. The topological polar surface area (TPSA) is 80.1 Å². The smallest absolute Gasteiger partial charge is 0.156 e. The monoisotopic (exact) mass is 565 g/mol. The van der Waals surface area contributed by atoms with E-state index in [1.54, 1.807) is 6.07 Å². The van der Waals surface area contributed by atoms with Gasteiger partial charge in [0, 0.05) is 30.9 Å². The fraction of sp³-hybridized carbons (Fsp3) is 0.645. The van der Waals surface area contributed by atoms with E-state index in [2.05, 4.69) is 57.3 Å². The van der Waals surface area contributed by atoms with Gasteiger partial charge in [0.1, 0.15) is 29.6 Å². The molecule has 2 aliphatic heterocycles. The second-order valence-electron chi connectivity index (χ2n) is 13.4. The van der Waals surface area contributed by atoms with E-state index in [4.69, 9.17) is 9.97 Å². The summed E-state index contributed by atoms with van der Waals surface area (Å²) in [6, 6.07) is 5.43. The van der Waals surface area contributed by atoms with Crippen molar-refractivity contribution >= 4 is 26.7 Å². The number of piperidine rings is 1. The predicted octanol–water partition coefficient (Wildman–Crippen LogP) is 6.60. The molecule has 40 heavy (non-hydrogen) atoms. The standard InChI is InChI=1S/C31H45FN7P/c1-19-10-14-39(22-8-7-21(17-33)25(32)24(19)22)29(34-6)26-28(37-40)36-23(18-35-26)38-15-12-31(13-16-38)11-9-20(2)27(31)30(3,4)5/h7-8,18-20,27,29,34H,9-16,40H2,1-6H3,(H,36,37). The van der Waals surface area contributed by atoms with Gasteiger partial charge >= 0.3 is 0 Å². The molecule has 3 heterocycles. The maximum absolute atomic E-state index is 15.3. The molecule has 0 radical (unpaired) electrons. The first-order valence-electron chi connectivity index (χ1n) is 14.8. The molecule has 5 unspecified atom stereocenters. The lowest BCUT2D eigenvalue weighted by Crippen LogP contribution is -2.46. The molecule has 0 bridgehead atoms. The van der Waals surface area contributed by atoms with Crippen LogP contribution in [0.4, 0.5) is 21.7 Å². The van der Waals surface area contributed by atoms with E-state index < -0.39 is 5.82 Å². The van der Waals surface area contributed by atoms with E-state index in [1.807, 2.05) is 32.3 Å². The van der Waals surface area contributed by atoms with E-state index >= 15 is 4.39 Å². The molecule has 0 amide bonds. The minimum absolute atomic E-state index is 0.0352. The van der Waals surface area contributed by atoms with Gasteiger partial charge in [0.05, 0.1) is 11.8 Å². The summed E-state index contributed by atoms with van der Waals surface area (Å²) >= 11 is 0. The summed E-state index contributed by atoms with van der Waals surface area (Å²) in [5, 5.41) is 16.0. The zero-order valence-corrected chi connectivity index (χ0v) is 26.0. The van der Waals surface area contributed by atoms with Crippen LogP contribution in [0.25, 0.3) is 0 Å². The Hall–Kier alpha value is -2.49. The molecule has 1 aromatic carbocycles. The number of nitrogens with one attached hydrogen (secondary N) is 2. The third-order valence-corrected chi connectivity index (χ3v) is 10.3. The van der Waals surface area contributed by atoms with Crippen LogP contribution >= 0.6 is 9.39 Å². The fourth-order valence-corrected chi connectivity index (χ4v) is 8.71. The van der Waals surface area contributed by atoms with Gasteiger partial charge in [0.25, 0.3) is 0 Å². The van der Waals surface area contributed by atoms with E-state index in [9.17, 15) is 5.26 Å². The van der Waals surface area contributed by atoms with Crippen molar-refractivity contribution in [3.63, 3.8) is 0 Å². The normalized spacial score (nSPS) is 25.0. The molecule has 3 aliphatic rings. The molecule has 1 saturated carbocycles. The van der Waals surface area contributed by atoms with Crippen molar-refractivity contribution in [1.82, 2.24) is 15.3 Å². The van der Waals surface area contributed by atoms with Crippen LogP contribution in [-0.2, 0) is 0 Å². The Labute approximate surface area is 241 Å². The molecule has 2 N–H and O–H groups in total. The first-order valence-corrected chi connectivity index (χ1v) is 15.4. The summed E-state index contributed by atoms with van der Waals surface area (Å²) in [6.45, 7) is 14.5. The number of nitrogens with zero attached hydrogens (tertiary/aromatic N) is 5. The molecule has 5 rings (SSSR count). The largest absolute Gasteiger partial charge is 0.355 e. The number of rotatable bonds is 5. The van der Waals surface area contributed by atoms with Crippen molar-refractivity contribution in [2.75, 3.05) is 41.6 Å². The number of halogens is 1. The van der Waals surface area contributed by atoms with Crippen LogP contribution in [0, 0.1) is 39.8 Å². The first kappa shape index (κ1) is 29.0. The number of aromatic nitrogens is 2. The van der Waals surface area contributed by atoms with Crippen LogP contribution in [0.3, 0.4) is 0 Å². The molecule has 216 valence electrons. The molecular weight excluding hydrogens is 520 g/mol. The zero-order valence-electron chi connectivity index (χ0n) is 24.9. The van der Waals surface area contributed by atoms with Gasteiger partial charge in [0.2, 0.25) is 0 Å². The molecule has 2 fully saturated rings. The first-order chi connectivity index (χ1) is 19.0. The fourth-order valence-electron chi connectivity index (χ4n) is 8.50. The maximum Gasteiger partial charge on any atom is 0.156 e. The predicted molar refractivity (Wildman–Crippen MR) is 164 cm³/mol. The number of nitriles is 1. The Bertz CT molecular complexity index is 1280. The van der Waals surface area contributed by atoms with E-state index in [0.717, 1.165) is 55.1 Å². The molecule has 1 spiro atoms. The molecule has 1 aliphatic carbocycles. The van der Waals surface area contributed by atoms with Gasteiger partial charge in [0.15, 0.2) is 5.82 Å². The minimum atomic E-state index is -0.411. The Morgan fingerprint density at radius 2 is 1.88 bits per heavy atom. The highest BCUT2D eigenvalue weighted by Crippen LogP contribution is 2.59. The summed E-state index contributed by atoms with van der Waals surface area (Å²) in [5.74, 6) is 2.74. The van der Waals surface area contributed by atoms with Crippen LogP contribution in [0.15, 0.2) is 18.3 Å². The zero-order chi connectivity index (χ0) is 28.8. The third-order valence-electron chi connectivity index (χ3n) is 9.99. The van der Waals surface area contributed by atoms with E-state index in [1.165, 1.54) is 25.7 Å². The molecule has 1 aromatic heterocycles. The number of fused-ring (bicyclic) bond motifs is 1.